The van der Waals surface area contributed by atoms with Crippen LogP contribution in [0.1, 0.15) is 23.6 Å². The number of hydrogen-bond acceptors (Lipinski definition) is 12. The number of rotatable bonds is 12. The quantitative estimate of drug-likeness (QED) is 0.0941. The summed E-state index contributed by atoms with van der Waals surface area (Å²) in [5, 5.41) is 43.1. The second kappa shape index (κ2) is 20.9. The number of aliphatic hydroxyl groups excluding tert-OH is 1. The topological polar surface area (TPSA) is 318 Å². The van der Waals surface area contributed by atoms with Gasteiger partial charge < -0.3 is 59.4 Å². The second-order valence-electron chi connectivity index (χ2n) is 9.93. The van der Waals surface area contributed by atoms with Crippen LogP contribution in [0.3, 0.4) is 0 Å². The van der Waals surface area contributed by atoms with Gasteiger partial charge in [-0.3, -0.25) is 14.4 Å². The van der Waals surface area contributed by atoms with E-state index in [9.17, 15) is 24.3 Å². The van der Waals surface area contributed by atoms with Crippen molar-refractivity contribution >= 4 is 23.9 Å². The standard InChI is InChI=1S/C18H20N2O5.C9H11NO2.C4H9NO3.H3N/c19-15(17(22)23)9-12-3-7-14(8-4-12)25-18(24)16(20)10-11-1-5-13(21)6-2-11;10-8(9(11)12)6-7-4-2-1-3-5-7;1-2(6)3(5)4(7)8;/h1-8,15-16,21H,9-10,19-20H2,(H,22,23);1-5,8H,6,10H2,(H,11,12);2-3,6H,5H2,1H3,(H,7,8);1H3/t15-,16-;8-;2-,3+;/m001./s1. The fourth-order valence-electron chi connectivity index (χ4n) is 3.36. The first-order valence-corrected chi connectivity index (χ1v) is 13.6. The number of benzene rings is 3. The molecule has 0 bridgehead atoms. The van der Waals surface area contributed by atoms with Crippen molar-refractivity contribution in [3.63, 3.8) is 0 Å². The molecule has 3 rings (SSSR count). The molecule has 0 aliphatic carbocycles. The molecule has 3 aromatic carbocycles. The highest BCUT2D eigenvalue weighted by molar-refractivity contribution is 5.78. The number of aliphatic carboxylic acids is 3. The molecule has 252 valence electrons. The molecule has 15 heteroatoms. The van der Waals surface area contributed by atoms with Crippen molar-refractivity contribution in [2.45, 2.75) is 56.5 Å². The van der Waals surface area contributed by atoms with E-state index >= 15 is 0 Å². The number of esters is 1. The Bertz CT molecular complexity index is 1360. The average molecular weight is 646 g/mol. The van der Waals surface area contributed by atoms with Gasteiger partial charge in [0, 0.05) is 0 Å². The van der Waals surface area contributed by atoms with Crippen LogP contribution in [0.2, 0.25) is 0 Å². The SMILES string of the molecule is C[C@@H](O)[C@H](N)C(=O)O.N.N[C@@H](Cc1ccc(OC(=O)[C@@H](N)Cc2ccc(O)cc2)cc1)C(=O)O.N[C@@H](Cc1ccccc1)C(=O)O. The molecule has 3 aromatic rings. The van der Waals surface area contributed by atoms with E-state index in [2.05, 4.69) is 0 Å². The molecular weight excluding hydrogens is 602 g/mol. The largest absolute Gasteiger partial charge is 0.508 e. The van der Waals surface area contributed by atoms with Gasteiger partial charge >= 0.3 is 23.9 Å². The van der Waals surface area contributed by atoms with Crippen LogP contribution in [0, 0.1) is 0 Å². The zero-order valence-electron chi connectivity index (χ0n) is 25.3. The minimum absolute atomic E-state index is 0. The number of phenols is 1. The number of nitrogens with two attached hydrogens (primary N) is 4. The Morgan fingerprint density at radius 1 is 0.630 bits per heavy atom. The first kappa shape index (κ1) is 41.1. The number of carboxylic acid groups (broad SMARTS) is 3. The zero-order valence-corrected chi connectivity index (χ0v) is 25.3. The maximum atomic E-state index is 12.0. The lowest BCUT2D eigenvalue weighted by Gasteiger charge is -2.12. The fraction of sp³-hybridized carbons (Fsp3) is 0.290. The van der Waals surface area contributed by atoms with Gasteiger partial charge in [0.05, 0.1) is 6.10 Å². The summed E-state index contributed by atoms with van der Waals surface area (Å²) in [4.78, 5) is 43.0. The van der Waals surface area contributed by atoms with Crippen LogP contribution in [0.15, 0.2) is 78.9 Å². The van der Waals surface area contributed by atoms with E-state index in [0.717, 1.165) is 16.7 Å². The van der Waals surface area contributed by atoms with Gasteiger partial charge in [-0.1, -0.05) is 54.6 Å². The molecule has 0 unspecified atom stereocenters. The van der Waals surface area contributed by atoms with Crippen LogP contribution in [-0.2, 0) is 38.4 Å². The molecule has 46 heavy (non-hydrogen) atoms. The van der Waals surface area contributed by atoms with Crippen molar-refractivity contribution in [3.8, 4) is 11.5 Å². The van der Waals surface area contributed by atoms with E-state index in [1.807, 2.05) is 30.3 Å². The van der Waals surface area contributed by atoms with E-state index in [-0.39, 0.29) is 24.7 Å². The summed E-state index contributed by atoms with van der Waals surface area (Å²) in [6.45, 7) is 1.33. The van der Waals surface area contributed by atoms with Crippen molar-refractivity contribution in [2.24, 2.45) is 22.9 Å². The van der Waals surface area contributed by atoms with Gasteiger partial charge in [0.1, 0.15) is 35.7 Å². The molecule has 0 aliphatic rings. The van der Waals surface area contributed by atoms with Crippen molar-refractivity contribution in [2.75, 3.05) is 0 Å². The lowest BCUT2D eigenvalue weighted by atomic mass is 10.1. The lowest BCUT2D eigenvalue weighted by Crippen LogP contribution is -2.39. The minimum Gasteiger partial charge on any atom is -0.508 e. The number of carboxylic acids is 3. The van der Waals surface area contributed by atoms with E-state index in [1.165, 1.54) is 19.1 Å². The smallest absolute Gasteiger partial charge is 0.328 e. The highest BCUT2D eigenvalue weighted by Crippen LogP contribution is 2.15. The number of phenolic OH excluding ortho intramolecular Hbond substituents is 1. The third-order valence-corrected chi connectivity index (χ3v) is 6.03. The summed E-state index contributed by atoms with van der Waals surface area (Å²) in [6, 6.07) is 18.4. The first-order chi connectivity index (χ1) is 21.1. The Morgan fingerprint density at radius 2 is 1.02 bits per heavy atom. The van der Waals surface area contributed by atoms with Crippen LogP contribution in [0.5, 0.6) is 11.5 Å². The average Bonchev–Trinajstić information content (AvgIpc) is 2.99. The Morgan fingerprint density at radius 3 is 1.39 bits per heavy atom. The van der Waals surface area contributed by atoms with E-state index in [4.69, 9.17) is 48.1 Å². The maximum absolute atomic E-state index is 12.0. The Hall–Kier alpha value is -4.90. The zero-order chi connectivity index (χ0) is 34.1. The van der Waals surface area contributed by atoms with Crippen molar-refractivity contribution in [3.05, 3.63) is 95.6 Å². The predicted octanol–water partition coefficient (Wildman–Crippen LogP) is 0.404. The highest BCUT2D eigenvalue weighted by atomic mass is 16.5. The van der Waals surface area contributed by atoms with Crippen LogP contribution in [0.25, 0.3) is 0 Å². The second-order valence-corrected chi connectivity index (χ2v) is 9.93. The monoisotopic (exact) mass is 645 g/mol. The van der Waals surface area contributed by atoms with Crippen LogP contribution >= 0.6 is 0 Å². The predicted molar refractivity (Wildman–Crippen MR) is 169 cm³/mol. The van der Waals surface area contributed by atoms with Crippen molar-refractivity contribution in [1.29, 1.82) is 0 Å². The molecule has 15 nitrogen and oxygen atoms in total. The lowest BCUT2D eigenvalue weighted by molar-refractivity contribution is -0.141. The molecule has 0 saturated heterocycles. The molecule has 5 atom stereocenters. The van der Waals surface area contributed by atoms with Gasteiger partial charge in [-0.2, -0.15) is 0 Å². The van der Waals surface area contributed by atoms with Crippen LogP contribution < -0.4 is 33.8 Å². The van der Waals surface area contributed by atoms with E-state index < -0.39 is 54.1 Å². The molecule has 0 spiro atoms. The summed E-state index contributed by atoms with van der Waals surface area (Å²) >= 11 is 0. The summed E-state index contributed by atoms with van der Waals surface area (Å²) < 4.78 is 5.22. The molecule has 0 radical (unpaired) electrons. The molecule has 16 N–H and O–H groups in total. The number of aromatic hydroxyl groups is 1. The maximum Gasteiger partial charge on any atom is 0.328 e. The number of carbonyl (C=O) groups is 4. The van der Waals surface area contributed by atoms with Gasteiger partial charge in [0.15, 0.2) is 0 Å². The highest BCUT2D eigenvalue weighted by Gasteiger charge is 2.18. The molecular formula is C31H43N5O10. The summed E-state index contributed by atoms with van der Waals surface area (Å²) in [7, 11) is 0. The minimum atomic E-state index is -1.18. The van der Waals surface area contributed by atoms with E-state index in [0.29, 0.717) is 12.2 Å². The molecule has 0 aromatic heterocycles. The van der Waals surface area contributed by atoms with E-state index in [1.54, 1.807) is 36.4 Å². The van der Waals surface area contributed by atoms with Crippen LogP contribution in [0.4, 0.5) is 0 Å². The molecule has 0 saturated carbocycles. The van der Waals surface area contributed by atoms with Crippen molar-refractivity contribution in [1.82, 2.24) is 6.15 Å². The molecule has 0 fully saturated rings. The third-order valence-electron chi connectivity index (χ3n) is 6.03. The Labute approximate surface area is 266 Å². The number of hydrogen-bond donors (Lipinski definition) is 10. The third kappa shape index (κ3) is 16.2. The van der Waals surface area contributed by atoms with Gasteiger partial charge in [-0.25, -0.2) is 4.79 Å². The number of ether oxygens (including phenoxy) is 1. The molecule has 0 amide bonds. The Balaban J connectivity index is 0.000000799. The molecule has 0 aliphatic heterocycles. The summed E-state index contributed by atoms with van der Waals surface area (Å²) in [6.07, 6.45) is -0.127. The number of aliphatic hydroxyl groups is 1. The fourth-order valence-corrected chi connectivity index (χ4v) is 3.36. The van der Waals surface area contributed by atoms with Gasteiger partial charge in [-0.05, 0) is 67.1 Å². The van der Waals surface area contributed by atoms with Crippen molar-refractivity contribution < 1.29 is 49.4 Å². The summed E-state index contributed by atoms with van der Waals surface area (Å²) in [5.74, 6) is -3.33. The van der Waals surface area contributed by atoms with Crippen LogP contribution in [-0.4, -0.2) is 79.7 Å². The normalized spacial score (nSPS) is 13.3. The van der Waals surface area contributed by atoms with Gasteiger partial charge in [0.2, 0.25) is 0 Å². The van der Waals surface area contributed by atoms with Gasteiger partial charge in [-0.15, -0.1) is 0 Å². The molecule has 0 heterocycles. The van der Waals surface area contributed by atoms with Gasteiger partial charge in [0.25, 0.3) is 0 Å². The Kier molecular flexibility index (Phi) is 18.7. The first-order valence-electron chi connectivity index (χ1n) is 13.6. The number of carbonyl (C=O) groups excluding carboxylic acids is 1. The summed E-state index contributed by atoms with van der Waals surface area (Å²) in [5.41, 5.74) is 24.1.